The van der Waals surface area contributed by atoms with E-state index in [4.69, 9.17) is 23.2 Å². The third kappa shape index (κ3) is 2.80. The smallest absolute Gasteiger partial charge is 0.358 e. The Bertz CT molecular complexity index is 413. The van der Waals surface area contributed by atoms with Crippen molar-refractivity contribution < 1.29 is 18.3 Å². The molecule has 1 aromatic rings. The first-order valence-corrected chi connectivity index (χ1v) is 5.04. The zero-order chi connectivity index (χ0) is 12.3. The van der Waals surface area contributed by atoms with Gasteiger partial charge in [-0.15, -0.1) is 0 Å². The second-order valence-electron chi connectivity index (χ2n) is 2.71. The maximum Gasteiger partial charge on any atom is 0.358 e. The lowest BCUT2D eigenvalue weighted by molar-refractivity contribution is 0.0518. The molecule has 0 N–H and O–H groups in total. The van der Waals surface area contributed by atoms with Gasteiger partial charge in [0.25, 0.3) is 6.43 Å². The van der Waals surface area contributed by atoms with Gasteiger partial charge in [0.2, 0.25) is 0 Å². The zero-order valence-corrected chi connectivity index (χ0v) is 9.65. The predicted octanol–water partition coefficient (Wildman–Crippen LogP) is 3.50. The fraction of sp³-hybridized carbons (Fsp3) is 0.333. The second-order valence-corrected chi connectivity index (χ2v) is 3.52. The van der Waals surface area contributed by atoms with E-state index in [-0.39, 0.29) is 22.3 Å². The molecule has 88 valence electrons. The van der Waals surface area contributed by atoms with Crippen LogP contribution in [0.2, 0.25) is 10.0 Å². The number of hydrogen-bond donors (Lipinski definition) is 0. The van der Waals surface area contributed by atoms with E-state index in [1.807, 2.05) is 0 Å². The number of esters is 1. The summed E-state index contributed by atoms with van der Waals surface area (Å²) in [6.07, 6.45) is -2.88. The molecule has 0 amide bonds. The monoisotopic (exact) mass is 269 g/mol. The van der Waals surface area contributed by atoms with Crippen LogP contribution in [0.15, 0.2) is 6.07 Å². The number of halogens is 4. The van der Waals surface area contributed by atoms with E-state index in [2.05, 4.69) is 9.72 Å². The summed E-state index contributed by atoms with van der Waals surface area (Å²) in [5.74, 6) is -0.855. The Kier molecular flexibility index (Phi) is 4.44. The van der Waals surface area contributed by atoms with Gasteiger partial charge in [-0.2, -0.15) is 0 Å². The van der Waals surface area contributed by atoms with Gasteiger partial charge in [-0.3, -0.25) is 0 Å². The number of ether oxygens (including phenoxy) is 1. The first kappa shape index (κ1) is 13.1. The molecule has 1 rings (SSSR count). The van der Waals surface area contributed by atoms with Crippen LogP contribution in [-0.4, -0.2) is 17.6 Å². The van der Waals surface area contributed by atoms with Crippen molar-refractivity contribution in [3.05, 3.63) is 27.5 Å². The summed E-state index contributed by atoms with van der Waals surface area (Å²) in [7, 11) is 0. The van der Waals surface area contributed by atoms with E-state index >= 15 is 0 Å². The minimum absolute atomic E-state index is 0.101. The van der Waals surface area contributed by atoms with Crippen LogP contribution in [0.5, 0.6) is 0 Å². The van der Waals surface area contributed by atoms with Crippen LogP contribution in [0.3, 0.4) is 0 Å². The normalized spacial score (nSPS) is 10.6. The van der Waals surface area contributed by atoms with E-state index in [1.54, 1.807) is 6.92 Å². The highest BCUT2D eigenvalue weighted by atomic mass is 35.5. The Labute approximate surface area is 100 Å². The van der Waals surface area contributed by atoms with Crippen LogP contribution >= 0.6 is 23.2 Å². The molecule has 7 heteroatoms. The molecule has 0 saturated heterocycles. The fourth-order valence-electron chi connectivity index (χ4n) is 0.976. The standard InChI is InChI=1S/C9H7Cl2F2NO2/c1-2-16-9(15)7-5(11)3-4(10)6(14-7)8(12)13/h3,8H,2H2,1H3. The van der Waals surface area contributed by atoms with E-state index in [0.717, 1.165) is 6.07 Å². The molecule has 0 radical (unpaired) electrons. The number of aromatic nitrogens is 1. The van der Waals surface area contributed by atoms with Crippen molar-refractivity contribution in [3.63, 3.8) is 0 Å². The van der Waals surface area contributed by atoms with Crippen LogP contribution in [-0.2, 0) is 4.74 Å². The van der Waals surface area contributed by atoms with E-state index in [1.165, 1.54) is 0 Å². The lowest BCUT2D eigenvalue weighted by Crippen LogP contribution is -2.10. The highest BCUT2D eigenvalue weighted by Crippen LogP contribution is 2.29. The number of carbonyl (C=O) groups is 1. The van der Waals surface area contributed by atoms with Crippen molar-refractivity contribution >= 4 is 29.2 Å². The number of alkyl halides is 2. The molecule has 0 aliphatic heterocycles. The van der Waals surface area contributed by atoms with Crippen LogP contribution in [0.1, 0.15) is 29.5 Å². The van der Waals surface area contributed by atoms with Gasteiger partial charge >= 0.3 is 5.97 Å². The summed E-state index contributed by atoms with van der Waals surface area (Å²) in [6, 6.07) is 1.05. The number of carbonyl (C=O) groups excluding carboxylic acids is 1. The van der Waals surface area contributed by atoms with Gasteiger partial charge < -0.3 is 4.74 Å². The molecule has 0 saturated carbocycles. The van der Waals surface area contributed by atoms with Gasteiger partial charge in [-0.1, -0.05) is 23.2 Å². The minimum atomic E-state index is -2.88. The fourth-order valence-corrected chi connectivity index (χ4v) is 1.49. The van der Waals surface area contributed by atoms with Gasteiger partial charge in [0.1, 0.15) is 5.69 Å². The average Bonchev–Trinajstić information content (AvgIpc) is 2.17. The molecule has 3 nitrogen and oxygen atoms in total. The Morgan fingerprint density at radius 2 is 2.12 bits per heavy atom. The van der Waals surface area contributed by atoms with Crippen molar-refractivity contribution in [1.82, 2.24) is 4.98 Å². The molecule has 0 spiro atoms. The first-order valence-electron chi connectivity index (χ1n) is 4.28. The highest BCUT2D eigenvalue weighted by Gasteiger charge is 2.21. The van der Waals surface area contributed by atoms with Gasteiger partial charge in [0.15, 0.2) is 5.69 Å². The largest absolute Gasteiger partial charge is 0.461 e. The molecule has 1 heterocycles. The van der Waals surface area contributed by atoms with Gasteiger partial charge in [-0.05, 0) is 13.0 Å². The van der Waals surface area contributed by atoms with E-state index in [9.17, 15) is 13.6 Å². The first-order chi connectivity index (χ1) is 7.47. The van der Waals surface area contributed by atoms with E-state index in [0.29, 0.717) is 0 Å². The SMILES string of the molecule is CCOC(=O)c1nc(C(F)F)c(Cl)cc1Cl. The molecule has 0 aromatic carbocycles. The quantitative estimate of drug-likeness (QED) is 0.789. The van der Waals surface area contributed by atoms with Crippen LogP contribution in [0, 0.1) is 0 Å². The summed E-state index contributed by atoms with van der Waals surface area (Å²) in [4.78, 5) is 14.7. The highest BCUT2D eigenvalue weighted by molar-refractivity contribution is 6.36. The van der Waals surface area contributed by atoms with Crippen LogP contribution in [0.25, 0.3) is 0 Å². The summed E-state index contributed by atoms with van der Waals surface area (Å²) >= 11 is 11.1. The Morgan fingerprint density at radius 3 is 2.62 bits per heavy atom. The molecule has 16 heavy (non-hydrogen) atoms. The van der Waals surface area contributed by atoms with Crippen LogP contribution in [0.4, 0.5) is 8.78 Å². The molecule has 0 atom stereocenters. The van der Waals surface area contributed by atoms with Gasteiger partial charge in [0, 0.05) is 0 Å². The summed E-state index contributed by atoms with van der Waals surface area (Å²) < 4.78 is 29.5. The van der Waals surface area contributed by atoms with Gasteiger partial charge in [-0.25, -0.2) is 18.6 Å². The maximum atomic E-state index is 12.4. The van der Waals surface area contributed by atoms with Gasteiger partial charge in [0.05, 0.1) is 16.7 Å². The average molecular weight is 270 g/mol. The molecule has 0 aliphatic rings. The second kappa shape index (κ2) is 5.41. The van der Waals surface area contributed by atoms with Crippen molar-refractivity contribution in [2.45, 2.75) is 13.3 Å². The predicted molar refractivity (Wildman–Crippen MR) is 55.2 cm³/mol. The zero-order valence-electron chi connectivity index (χ0n) is 8.14. The Hall–Kier alpha value is -0.940. The maximum absolute atomic E-state index is 12.4. The summed E-state index contributed by atoms with van der Waals surface area (Å²) in [6.45, 7) is 1.68. The molecular formula is C9H7Cl2F2NO2. The number of hydrogen-bond acceptors (Lipinski definition) is 3. The molecule has 1 aromatic heterocycles. The molecule has 0 fully saturated rings. The number of rotatable bonds is 3. The third-order valence-electron chi connectivity index (χ3n) is 1.63. The summed E-state index contributed by atoms with van der Waals surface area (Å²) in [5.41, 5.74) is -1.04. The molecule has 0 aliphatic carbocycles. The lowest BCUT2D eigenvalue weighted by Gasteiger charge is -2.07. The molecule has 0 unspecified atom stereocenters. The minimum Gasteiger partial charge on any atom is -0.461 e. The van der Waals surface area contributed by atoms with Crippen molar-refractivity contribution in [2.75, 3.05) is 6.61 Å². The lowest BCUT2D eigenvalue weighted by atomic mass is 10.3. The summed E-state index contributed by atoms with van der Waals surface area (Å²) in [5, 5.41) is -0.402. The molecular weight excluding hydrogens is 263 g/mol. The Morgan fingerprint density at radius 1 is 1.50 bits per heavy atom. The molecule has 0 bridgehead atoms. The van der Waals surface area contributed by atoms with Crippen molar-refractivity contribution in [3.8, 4) is 0 Å². The topological polar surface area (TPSA) is 39.2 Å². The number of nitrogens with zero attached hydrogens (tertiary/aromatic N) is 1. The van der Waals surface area contributed by atoms with Crippen molar-refractivity contribution in [1.29, 1.82) is 0 Å². The van der Waals surface area contributed by atoms with Crippen molar-refractivity contribution in [2.24, 2.45) is 0 Å². The third-order valence-corrected chi connectivity index (χ3v) is 2.22. The Balaban J connectivity index is 3.19. The number of pyridine rings is 1. The van der Waals surface area contributed by atoms with Crippen LogP contribution < -0.4 is 0 Å². The van der Waals surface area contributed by atoms with E-state index < -0.39 is 18.1 Å².